The highest BCUT2D eigenvalue weighted by atomic mass is 79.9. The number of hydrogen-bond donors (Lipinski definition) is 1. The lowest BCUT2D eigenvalue weighted by atomic mass is 10.1. The normalized spacial score (nSPS) is 15.6. The van der Waals surface area contributed by atoms with Crippen LogP contribution >= 0.6 is 39.1 Å². The summed E-state index contributed by atoms with van der Waals surface area (Å²) in [5, 5.41) is 2.86. The predicted molar refractivity (Wildman–Crippen MR) is 117 cm³/mol. The average molecular weight is 506 g/mol. The molecule has 2 aromatic carbocycles. The largest absolute Gasteiger partial charge is 0.457 e. The highest BCUT2D eigenvalue weighted by Crippen LogP contribution is 2.35. The Balaban J connectivity index is 1.70. The molecule has 1 aromatic heterocycles. The van der Waals surface area contributed by atoms with Crippen LogP contribution in [-0.4, -0.2) is 17.8 Å². The number of urea groups is 1. The number of carbonyl (C=O) groups excluding carboxylic acids is 3. The molecule has 0 saturated carbocycles. The van der Waals surface area contributed by atoms with Crippen molar-refractivity contribution in [3.05, 3.63) is 80.4 Å². The zero-order valence-corrected chi connectivity index (χ0v) is 18.1. The third kappa shape index (κ3) is 3.79. The fourth-order valence-electron chi connectivity index (χ4n) is 2.92. The van der Waals surface area contributed by atoms with Crippen LogP contribution in [0, 0.1) is 0 Å². The van der Waals surface area contributed by atoms with E-state index in [1.54, 1.807) is 54.6 Å². The van der Waals surface area contributed by atoms with E-state index in [2.05, 4.69) is 21.2 Å². The smallest absolute Gasteiger partial charge is 0.335 e. The van der Waals surface area contributed by atoms with Gasteiger partial charge in [-0.05, 0) is 48.5 Å². The van der Waals surface area contributed by atoms with E-state index in [0.29, 0.717) is 31.5 Å². The molecule has 1 aliphatic heterocycles. The molecule has 0 aliphatic carbocycles. The fourth-order valence-corrected chi connectivity index (χ4v) is 3.70. The lowest BCUT2D eigenvalue weighted by molar-refractivity contribution is -0.122. The van der Waals surface area contributed by atoms with Crippen LogP contribution < -0.4 is 10.2 Å². The van der Waals surface area contributed by atoms with E-state index < -0.39 is 17.8 Å². The Labute approximate surface area is 189 Å². The molecule has 2 heterocycles. The van der Waals surface area contributed by atoms with Gasteiger partial charge in [-0.2, -0.15) is 0 Å². The molecule has 9 heteroatoms. The Bertz CT molecular complexity index is 1240. The number of furan rings is 1. The fraction of sp³-hybridized carbons (Fsp3) is 0. The molecular weight excluding hydrogens is 495 g/mol. The Morgan fingerprint density at radius 3 is 2.53 bits per heavy atom. The van der Waals surface area contributed by atoms with Crippen molar-refractivity contribution in [2.45, 2.75) is 0 Å². The minimum absolute atomic E-state index is 0.239. The second-order valence-corrected chi connectivity index (χ2v) is 7.94. The molecular formula is C21H11BrCl2N2O4. The Morgan fingerprint density at radius 1 is 1.00 bits per heavy atom. The molecule has 30 heavy (non-hydrogen) atoms. The van der Waals surface area contributed by atoms with Crippen molar-refractivity contribution >= 4 is 68.7 Å². The summed E-state index contributed by atoms with van der Waals surface area (Å²) < 4.78 is 6.41. The van der Waals surface area contributed by atoms with Crippen molar-refractivity contribution in [1.82, 2.24) is 5.32 Å². The van der Waals surface area contributed by atoms with E-state index in [4.69, 9.17) is 27.6 Å². The summed E-state index contributed by atoms with van der Waals surface area (Å²) in [7, 11) is 0. The molecule has 4 rings (SSSR count). The van der Waals surface area contributed by atoms with E-state index >= 15 is 0 Å². The molecule has 6 nitrogen and oxygen atoms in total. The molecule has 150 valence electrons. The molecule has 0 bridgehead atoms. The van der Waals surface area contributed by atoms with Gasteiger partial charge in [-0.15, -0.1) is 0 Å². The van der Waals surface area contributed by atoms with Gasteiger partial charge in [0.05, 0.1) is 15.7 Å². The van der Waals surface area contributed by atoms with Crippen molar-refractivity contribution < 1.29 is 18.8 Å². The first kappa shape index (κ1) is 20.4. The Morgan fingerprint density at radius 2 is 1.77 bits per heavy atom. The minimum atomic E-state index is -0.828. The van der Waals surface area contributed by atoms with Gasteiger partial charge in [0.1, 0.15) is 17.1 Å². The minimum Gasteiger partial charge on any atom is -0.457 e. The number of rotatable bonds is 3. The number of nitrogens with one attached hydrogen (secondary N) is 1. The first-order valence-corrected chi connectivity index (χ1v) is 10.1. The van der Waals surface area contributed by atoms with Crippen molar-refractivity contribution in [3.63, 3.8) is 0 Å². The van der Waals surface area contributed by atoms with Crippen LogP contribution in [-0.2, 0) is 9.59 Å². The number of halogens is 3. The SMILES string of the molecule is O=C1NC(=O)N(c2cccc(Br)c2)C(=O)/C1=C\c1ccc(-c2cccc(Cl)c2Cl)o1. The monoisotopic (exact) mass is 504 g/mol. The zero-order chi connectivity index (χ0) is 21.4. The van der Waals surface area contributed by atoms with Crippen LogP contribution in [0.2, 0.25) is 10.0 Å². The second kappa shape index (κ2) is 8.10. The highest BCUT2D eigenvalue weighted by molar-refractivity contribution is 9.10. The molecule has 1 aliphatic rings. The third-order valence-corrected chi connectivity index (χ3v) is 5.61. The van der Waals surface area contributed by atoms with Gasteiger partial charge in [0, 0.05) is 10.0 Å². The van der Waals surface area contributed by atoms with Crippen LogP contribution in [0.15, 0.2) is 69.1 Å². The zero-order valence-electron chi connectivity index (χ0n) is 15.0. The van der Waals surface area contributed by atoms with Crippen molar-refractivity contribution in [2.24, 2.45) is 0 Å². The molecule has 4 amide bonds. The lowest BCUT2D eigenvalue weighted by Crippen LogP contribution is -2.54. The van der Waals surface area contributed by atoms with E-state index in [0.717, 1.165) is 4.90 Å². The van der Waals surface area contributed by atoms with Crippen molar-refractivity contribution in [3.8, 4) is 11.3 Å². The summed E-state index contributed by atoms with van der Waals surface area (Å²) in [4.78, 5) is 38.4. The number of imide groups is 2. The molecule has 1 fully saturated rings. The van der Waals surface area contributed by atoms with Crippen molar-refractivity contribution in [2.75, 3.05) is 4.90 Å². The summed E-state index contributed by atoms with van der Waals surface area (Å²) >= 11 is 15.6. The van der Waals surface area contributed by atoms with Crippen LogP contribution in [0.25, 0.3) is 17.4 Å². The van der Waals surface area contributed by atoms with Crippen LogP contribution in [0.3, 0.4) is 0 Å². The standard InChI is InChI=1S/C21H11BrCl2N2O4/c22-11-3-1-4-12(9-11)26-20(28)15(19(27)25-21(26)29)10-13-7-8-17(30-13)14-5-2-6-16(23)18(14)24/h1-10H,(H,25,27,29)/b15-10-. The van der Waals surface area contributed by atoms with Gasteiger partial charge in [-0.1, -0.05) is 51.3 Å². The predicted octanol–water partition coefficient (Wildman–Crippen LogP) is 5.68. The van der Waals surface area contributed by atoms with Gasteiger partial charge in [-0.25, -0.2) is 9.69 Å². The molecule has 1 N–H and O–H groups in total. The summed E-state index contributed by atoms with van der Waals surface area (Å²) in [6, 6.07) is 14.1. The highest BCUT2D eigenvalue weighted by Gasteiger charge is 2.37. The first-order chi connectivity index (χ1) is 14.3. The topological polar surface area (TPSA) is 79.6 Å². The number of anilines is 1. The summed E-state index contributed by atoms with van der Waals surface area (Å²) in [6.45, 7) is 0. The van der Waals surface area contributed by atoms with Gasteiger partial charge in [0.25, 0.3) is 11.8 Å². The molecule has 0 radical (unpaired) electrons. The number of benzene rings is 2. The number of carbonyl (C=O) groups is 3. The average Bonchev–Trinajstić information content (AvgIpc) is 3.16. The van der Waals surface area contributed by atoms with Gasteiger partial charge in [0.15, 0.2) is 0 Å². The van der Waals surface area contributed by atoms with Gasteiger partial charge < -0.3 is 4.42 Å². The number of nitrogens with zero attached hydrogens (tertiary/aromatic N) is 1. The molecule has 0 spiro atoms. The third-order valence-electron chi connectivity index (χ3n) is 4.30. The summed E-state index contributed by atoms with van der Waals surface area (Å²) in [5.74, 6) is -0.920. The van der Waals surface area contributed by atoms with Crippen LogP contribution in [0.4, 0.5) is 10.5 Å². The van der Waals surface area contributed by atoms with Crippen LogP contribution in [0.1, 0.15) is 5.76 Å². The van der Waals surface area contributed by atoms with E-state index in [1.165, 1.54) is 6.08 Å². The summed E-state index contributed by atoms with van der Waals surface area (Å²) in [6.07, 6.45) is 1.27. The Kier molecular flexibility index (Phi) is 5.51. The van der Waals surface area contributed by atoms with Gasteiger partial charge >= 0.3 is 6.03 Å². The number of amides is 4. The quantitative estimate of drug-likeness (QED) is 0.366. The Hall–Kier alpha value is -2.87. The van der Waals surface area contributed by atoms with Gasteiger partial charge in [0.2, 0.25) is 0 Å². The van der Waals surface area contributed by atoms with Gasteiger partial charge in [-0.3, -0.25) is 14.9 Å². The first-order valence-electron chi connectivity index (χ1n) is 8.56. The molecule has 1 saturated heterocycles. The summed E-state index contributed by atoms with van der Waals surface area (Å²) in [5.41, 5.74) is 0.642. The molecule has 3 aromatic rings. The number of hydrogen-bond acceptors (Lipinski definition) is 4. The van der Waals surface area contributed by atoms with E-state index in [9.17, 15) is 14.4 Å². The maximum atomic E-state index is 12.9. The maximum absolute atomic E-state index is 12.9. The molecule has 0 unspecified atom stereocenters. The van der Waals surface area contributed by atoms with Crippen molar-refractivity contribution in [1.29, 1.82) is 0 Å². The number of barbiturate groups is 1. The maximum Gasteiger partial charge on any atom is 0.335 e. The molecule has 0 atom stereocenters. The van der Waals surface area contributed by atoms with E-state index in [-0.39, 0.29) is 11.3 Å². The lowest BCUT2D eigenvalue weighted by Gasteiger charge is -2.26. The van der Waals surface area contributed by atoms with Crippen LogP contribution in [0.5, 0.6) is 0 Å². The van der Waals surface area contributed by atoms with E-state index in [1.807, 2.05) is 0 Å². The second-order valence-electron chi connectivity index (χ2n) is 6.24.